The quantitative estimate of drug-likeness (QED) is 0.607. The predicted octanol–water partition coefficient (Wildman–Crippen LogP) is 3.91. The van der Waals surface area contributed by atoms with Gasteiger partial charge in [0.05, 0.1) is 11.8 Å². The molecule has 0 fully saturated rings. The number of rotatable bonds is 4. The van der Waals surface area contributed by atoms with Crippen molar-refractivity contribution < 1.29 is 13.9 Å². The molecule has 0 aliphatic rings. The van der Waals surface area contributed by atoms with Crippen LogP contribution in [0, 0.1) is 5.82 Å². The van der Waals surface area contributed by atoms with Crippen LogP contribution in [0.1, 0.15) is 10.4 Å². The SMILES string of the molecule is O=C(Nc1nc2ccc(F)cn2n1)c1ccccc1Oc1ccccc1. The summed E-state index contributed by atoms with van der Waals surface area (Å²) in [6, 6.07) is 18.8. The number of hydrogen-bond donors (Lipinski definition) is 1. The van der Waals surface area contributed by atoms with Crippen molar-refractivity contribution in [3.8, 4) is 11.5 Å². The van der Waals surface area contributed by atoms with Crippen molar-refractivity contribution in [3.05, 3.63) is 84.3 Å². The van der Waals surface area contributed by atoms with Crippen molar-refractivity contribution >= 4 is 17.5 Å². The van der Waals surface area contributed by atoms with Crippen LogP contribution in [-0.2, 0) is 0 Å². The number of pyridine rings is 1. The summed E-state index contributed by atoms with van der Waals surface area (Å²) in [5, 5.41) is 6.65. The molecule has 0 unspecified atom stereocenters. The summed E-state index contributed by atoms with van der Waals surface area (Å²) in [4.78, 5) is 16.8. The zero-order valence-electron chi connectivity index (χ0n) is 13.5. The number of hydrogen-bond acceptors (Lipinski definition) is 4. The summed E-state index contributed by atoms with van der Waals surface area (Å²) in [5.74, 6) is 0.241. The lowest BCUT2D eigenvalue weighted by molar-refractivity contribution is 0.102. The first kappa shape index (κ1) is 15.8. The minimum atomic E-state index is -0.443. The van der Waals surface area contributed by atoms with Crippen LogP contribution in [0.4, 0.5) is 10.3 Å². The maximum Gasteiger partial charge on any atom is 0.261 e. The Kier molecular flexibility index (Phi) is 4.03. The standard InChI is InChI=1S/C19H13FN4O2/c20-13-10-11-17-21-19(23-24(17)12-13)22-18(25)15-8-4-5-9-16(15)26-14-6-2-1-3-7-14/h1-12H,(H,22,23,25). The van der Waals surface area contributed by atoms with Gasteiger partial charge in [0.15, 0.2) is 5.65 Å². The van der Waals surface area contributed by atoms with E-state index < -0.39 is 11.7 Å². The van der Waals surface area contributed by atoms with Gasteiger partial charge in [-0.15, -0.1) is 5.10 Å². The van der Waals surface area contributed by atoms with Crippen LogP contribution in [-0.4, -0.2) is 20.5 Å². The van der Waals surface area contributed by atoms with Crippen molar-refractivity contribution in [1.29, 1.82) is 0 Å². The fourth-order valence-electron chi connectivity index (χ4n) is 2.44. The summed E-state index contributed by atoms with van der Waals surface area (Å²) in [6.07, 6.45) is 1.18. The molecular formula is C19H13FN4O2. The maximum absolute atomic E-state index is 13.2. The number of halogens is 1. The van der Waals surface area contributed by atoms with E-state index in [4.69, 9.17) is 4.74 Å². The van der Waals surface area contributed by atoms with E-state index >= 15 is 0 Å². The fourth-order valence-corrected chi connectivity index (χ4v) is 2.44. The molecule has 6 nitrogen and oxygen atoms in total. The molecule has 1 amide bonds. The number of fused-ring (bicyclic) bond motifs is 1. The number of para-hydroxylation sites is 2. The Morgan fingerprint density at radius 3 is 2.62 bits per heavy atom. The van der Waals surface area contributed by atoms with Crippen LogP contribution in [0.2, 0.25) is 0 Å². The summed E-state index contributed by atoms with van der Waals surface area (Å²) in [5.41, 5.74) is 0.761. The number of carbonyl (C=O) groups excluding carboxylic acids is 1. The van der Waals surface area contributed by atoms with Gasteiger partial charge in [-0.1, -0.05) is 30.3 Å². The van der Waals surface area contributed by atoms with Crippen LogP contribution < -0.4 is 10.1 Å². The third-order valence-corrected chi connectivity index (χ3v) is 3.62. The van der Waals surface area contributed by atoms with E-state index in [-0.39, 0.29) is 5.95 Å². The minimum Gasteiger partial charge on any atom is -0.457 e. The molecule has 0 spiro atoms. The molecule has 4 aromatic rings. The Labute approximate surface area is 147 Å². The molecule has 1 N–H and O–H groups in total. The highest BCUT2D eigenvalue weighted by molar-refractivity contribution is 6.05. The lowest BCUT2D eigenvalue weighted by Gasteiger charge is -2.10. The molecule has 0 aliphatic carbocycles. The van der Waals surface area contributed by atoms with Gasteiger partial charge in [-0.25, -0.2) is 8.91 Å². The third-order valence-electron chi connectivity index (χ3n) is 3.62. The second-order valence-electron chi connectivity index (χ2n) is 5.45. The highest BCUT2D eigenvalue weighted by atomic mass is 19.1. The number of benzene rings is 2. The second kappa shape index (κ2) is 6.64. The van der Waals surface area contributed by atoms with Gasteiger partial charge in [-0.05, 0) is 36.4 Å². The molecule has 0 bridgehead atoms. The molecular weight excluding hydrogens is 335 g/mol. The van der Waals surface area contributed by atoms with Gasteiger partial charge in [0.25, 0.3) is 5.91 Å². The molecule has 0 atom stereocenters. The largest absolute Gasteiger partial charge is 0.457 e. The number of anilines is 1. The smallest absolute Gasteiger partial charge is 0.261 e. The van der Waals surface area contributed by atoms with Gasteiger partial charge < -0.3 is 4.74 Å². The van der Waals surface area contributed by atoms with E-state index in [1.807, 2.05) is 18.2 Å². The summed E-state index contributed by atoms with van der Waals surface area (Å²) >= 11 is 0. The van der Waals surface area contributed by atoms with Crippen molar-refractivity contribution in [3.63, 3.8) is 0 Å². The van der Waals surface area contributed by atoms with Crippen LogP contribution in [0.5, 0.6) is 11.5 Å². The van der Waals surface area contributed by atoms with E-state index in [9.17, 15) is 9.18 Å². The van der Waals surface area contributed by atoms with Gasteiger partial charge in [0.2, 0.25) is 5.95 Å². The van der Waals surface area contributed by atoms with Crippen molar-refractivity contribution in [2.75, 3.05) is 5.32 Å². The van der Waals surface area contributed by atoms with E-state index in [0.29, 0.717) is 22.7 Å². The highest BCUT2D eigenvalue weighted by Crippen LogP contribution is 2.25. The fraction of sp³-hybridized carbons (Fsp3) is 0. The van der Waals surface area contributed by atoms with Crippen molar-refractivity contribution in [2.45, 2.75) is 0 Å². The van der Waals surface area contributed by atoms with Crippen LogP contribution in [0.15, 0.2) is 72.9 Å². The average Bonchev–Trinajstić information content (AvgIpc) is 3.04. The van der Waals surface area contributed by atoms with Gasteiger partial charge in [0, 0.05) is 0 Å². The highest BCUT2D eigenvalue weighted by Gasteiger charge is 2.15. The first-order valence-corrected chi connectivity index (χ1v) is 7.84. The topological polar surface area (TPSA) is 68.5 Å². The normalized spacial score (nSPS) is 10.7. The average molecular weight is 348 g/mol. The Hall–Kier alpha value is -3.74. The first-order valence-electron chi connectivity index (χ1n) is 7.84. The number of aromatic nitrogens is 3. The number of nitrogens with zero attached hydrogens (tertiary/aromatic N) is 3. The molecule has 4 rings (SSSR count). The van der Waals surface area contributed by atoms with Crippen LogP contribution >= 0.6 is 0 Å². The van der Waals surface area contributed by atoms with E-state index in [1.54, 1.807) is 36.4 Å². The van der Waals surface area contributed by atoms with Gasteiger partial charge >= 0.3 is 0 Å². The molecule has 26 heavy (non-hydrogen) atoms. The molecule has 0 saturated heterocycles. The minimum absolute atomic E-state index is 0.0788. The number of ether oxygens (including phenoxy) is 1. The summed E-state index contributed by atoms with van der Waals surface area (Å²) in [7, 11) is 0. The van der Waals surface area contributed by atoms with Gasteiger partial charge in [-0.3, -0.25) is 10.1 Å². The van der Waals surface area contributed by atoms with E-state index in [0.717, 1.165) is 0 Å². The third kappa shape index (κ3) is 3.23. The summed E-state index contributed by atoms with van der Waals surface area (Å²) in [6.45, 7) is 0. The number of nitrogens with one attached hydrogen (secondary N) is 1. The molecule has 7 heteroatoms. The molecule has 0 saturated carbocycles. The van der Waals surface area contributed by atoms with Gasteiger partial charge in [0.1, 0.15) is 17.3 Å². The monoisotopic (exact) mass is 348 g/mol. The zero-order valence-corrected chi connectivity index (χ0v) is 13.5. The molecule has 128 valence electrons. The van der Waals surface area contributed by atoms with Crippen LogP contribution in [0.3, 0.4) is 0 Å². The Bertz CT molecular complexity index is 1080. The van der Waals surface area contributed by atoms with Crippen LogP contribution in [0.25, 0.3) is 5.65 Å². The van der Waals surface area contributed by atoms with E-state index in [1.165, 1.54) is 22.8 Å². The number of amides is 1. The molecule has 0 radical (unpaired) electrons. The molecule has 2 heterocycles. The lowest BCUT2D eigenvalue weighted by atomic mass is 10.2. The Morgan fingerprint density at radius 1 is 1.00 bits per heavy atom. The first-order chi connectivity index (χ1) is 12.7. The predicted molar refractivity (Wildman–Crippen MR) is 93.9 cm³/mol. The van der Waals surface area contributed by atoms with Crippen molar-refractivity contribution in [1.82, 2.24) is 14.6 Å². The molecule has 2 aromatic heterocycles. The molecule has 2 aromatic carbocycles. The lowest BCUT2D eigenvalue weighted by Crippen LogP contribution is -2.14. The Morgan fingerprint density at radius 2 is 1.77 bits per heavy atom. The molecule has 0 aliphatic heterocycles. The van der Waals surface area contributed by atoms with E-state index in [2.05, 4.69) is 15.4 Å². The second-order valence-corrected chi connectivity index (χ2v) is 5.45. The maximum atomic E-state index is 13.2. The van der Waals surface area contributed by atoms with Crippen molar-refractivity contribution in [2.24, 2.45) is 0 Å². The zero-order chi connectivity index (χ0) is 17.9. The van der Waals surface area contributed by atoms with Gasteiger partial charge in [-0.2, -0.15) is 4.98 Å². The number of carbonyl (C=O) groups is 1. The summed E-state index contributed by atoms with van der Waals surface area (Å²) < 4.78 is 20.3. The Balaban J connectivity index is 1.59.